The largest absolute Gasteiger partial charge is 0.352 e. The summed E-state index contributed by atoms with van der Waals surface area (Å²) in [5.41, 5.74) is 5.66. The first-order valence-electron chi connectivity index (χ1n) is 13.9. The first-order valence-corrected chi connectivity index (χ1v) is 15.4. The minimum absolute atomic E-state index is 0.0287. The van der Waals surface area contributed by atoms with Crippen LogP contribution in [0.5, 0.6) is 0 Å². The van der Waals surface area contributed by atoms with Crippen LogP contribution in [0.4, 0.5) is 0 Å². The molecular weight excluding hydrogens is 524 g/mol. The summed E-state index contributed by atoms with van der Waals surface area (Å²) in [5, 5.41) is 3.95. The lowest BCUT2D eigenvalue weighted by atomic mass is 9.94. The Balaban J connectivity index is 1.56. The van der Waals surface area contributed by atoms with Crippen molar-refractivity contribution in [1.29, 1.82) is 0 Å². The van der Waals surface area contributed by atoms with Gasteiger partial charge in [0.15, 0.2) is 0 Å². The van der Waals surface area contributed by atoms with Crippen molar-refractivity contribution in [3.8, 4) is 0 Å². The van der Waals surface area contributed by atoms with E-state index in [0.717, 1.165) is 42.6 Å². The van der Waals surface area contributed by atoms with Crippen LogP contribution in [-0.2, 0) is 28.3 Å². The Morgan fingerprint density at radius 2 is 1.56 bits per heavy atom. The van der Waals surface area contributed by atoms with Gasteiger partial charge in [0.2, 0.25) is 11.8 Å². The van der Waals surface area contributed by atoms with Gasteiger partial charge < -0.3 is 10.2 Å². The van der Waals surface area contributed by atoms with Crippen LogP contribution in [0.25, 0.3) is 0 Å². The summed E-state index contributed by atoms with van der Waals surface area (Å²) < 4.78 is 0. The molecule has 0 aliphatic heterocycles. The minimum atomic E-state index is -0.598. The van der Waals surface area contributed by atoms with E-state index in [0.29, 0.717) is 23.7 Å². The maximum atomic E-state index is 13.9. The van der Waals surface area contributed by atoms with Crippen LogP contribution in [-0.4, -0.2) is 34.6 Å². The predicted molar refractivity (Wildman–Crippen MR) is 163 cm³/mol. The van der Waals surface area contributed by atoms with Crippen LogP contribution in [0.1, 0.15) is 59.9 Å². The Hall–Kier alpha value is -2.76. The van der Waals surface area contributed by atoms with Crippen LogP contribution >= 0.6 is 23.4 Å². The number of hydrogen-bond acceptors (Lipinski definition) is 3. The van der Waals surface area contributed by atoms with E-state index in [1.54, 1.807) is 16.7 Å². The van der Waals surface area contributed by atoms with Crippen molar-refractivity contribution in [2.24, 2.45) is 0 Å². The Labute approximate surface area is 242 Å². The summed E-state index contributed by atoms with van der Waals surface area (Å²) in [7, 11) is 0. The number of aryl methyl sites for hydroxylation is 2. The van der Waals surface area contributed by atoms with Gasteiger partial charge in [0.25, 0.3) is 0 Å². The van der Waals surface area contributed by atoms with E-state index < -0.39 is 6.04 Å². The average molecular weight is 563 g/mol. The van der Waals surface area contributed by atoms with Crippen molar-refractivity contribution in [2.75, 3.05) is 5.75 Å². The van der Waals surface area contributed by atoms with Crippen LogP contribution < -0.4 is 5.32 Å². The molecule has 1 fully saturated rings. The van der Waals surface area contributed by atoms with Crippen molar-refractivity contribution in [3.63, 3.8) is 0 Å². The number of carbonyl (C=O) groups is 2. The Morgan fingerprint density at radius 1 is 0.897 bits per heavy atom. The van der Waals surface area contributed by atoms with Gasteiger partial charge in [0, 0.05) is 29.8 Å². The molecule has 1 aliphatic rings. The topological polar surface area (TPSA) is 49.4 Å². The Morgan fingerprint density at radius 3 is 2.23 bits per heavy atom. The number of nitrogens with one attached hydrogen (secondary N) is 1. The molecule has 0 bridgehead atoms. The number of benzene rings is 3. The van der Waals surface area contributed by atoms with Gasteiger partial charge in [-0.2, -0.15) is 0 Å². The quantitative estimate of drug-likeness (QED) is 0.267. The van der Waals surface area contributed by atoms with Gasteiger partial charge in [-0.1, -0.05) is 103 Å². The zero-order valence-corrected chi connectivity index (χ0v) is 24.6. The number of thioether (sulfide) groups is 1. The van der Waals surface area contributed by atoms with E-state index in [1.165, 1.54) is 23.1 Å². The van der Waals surface area contributed by atoms with E-state index in [9.17, 15) is 9.59 Å². The molecule has 1 atom stereocenters. The molecule has 6 heteroatoms. The smallest absolute Gasteiger partial charge is 0.243 e. The fraction of sp³-hybridized carbons (Fsp3) is 0.394. The third kappa shape index (κ3) is 9.15. The second-order valence-electron chi connectivity index (χ2n) is 10.7. The molecule has 1 aliphatic carbocycles. The molecule has 4 nitrogen and oxygen atoms in total. The first-order chi connectivity index (χ1) is 18.9. The number of rotatable bonds is 11. The maximum Gasteiger partial charge on any atom is 0.243 e. The molecular formula is C33H39ClN2O2S. The zero-order chi connectivity index (χ0) is 27.6. The highest BCUT2D eigenvalue weighted by Crippen LogP contribution is 2.22. The Bertz CT molecular complexity index is 1210. The monoisotopic (exact) mass is 562 g/mol. The molecule has 39 heavy (non-hydrogen) atoms. The predicted octanol–water partition coefficient (Wildman–Crippen LogP) is 7.28. The van der Waals surface area contributed by atoms with E-state index in [4.69, 9.17) is 11.6 Å². The molecule has 1 saturated carbocycles. The molecule has 0 spiro atoms. The normalized spacial score (nSPS) is 14.5. The van der Waals surface area contributed by atoms with Crippen molar-refractivity contribution in [1.82, 2.24) is 10.2 Å². The van der Waals surface area contributed by atoms with Crippen molar-refractivity contribution >= 4 is 35.2 Å². The van der Waals surface area contributed by atoms with Crippen LogP contribution in [0.15, 0.2) is 72.8 Å². The highest BCUT2D eigenvalue weighted by Gasteiger charge is 2.31. The number of halogens is 1. The van der Waals surface area contributed by atoms with Crippen molar-refractivity contribution in [2.45, 2.75) is 76.8 Å². The van der Waals surface area contributed by atoms with Gasteiger partial charge in [-0.3, -0.25) is 9.59 Å². The zero-order valence-electron chi connectivity index (χ0n) is 23.0. The highest BCUT2D eigenvalue weighted by atomic mass is 35.5. The third-order valence-electron chi connectivity index (χ3n) is 7.26. The molecule has 3 aromatic carbocycles. The SMILES string of the molecule is Cc1cc(C)cc(CSCC(=O)N(Cc2ccc(Cl)cc2)[C@H](Cc2ccccc2)C(=O)NC2CCCCC2)c1. The molecule has 1 N–H and O–H groups in total. The molecule has 0 unspecified atom stereocenters. The van der Waals surface area contributed by atoms with Crippen molar-refractivity contribution in [3.05, 3.63) is 106 Å². The van der Waals surface area contributed by atoms with Crippen LogP contribution in [0, 0.1) is 13.8 Å². The molecule has 0 aromatic heterocycles. The number of nitrogens with zero attached hydrogens (tertiary/aromatic N) is 1. The van der Waals surface area contributed by atoms with Crippen LogP contribution in [0.2, 0.25) is 5.02 Å². The van der Waals surface area contributed by atoms with Crippen LogP contribution in [0.3, 0.4) is 0 Å². The van der Waals surface area contributed by atoms with Gasteiger partial charge in [-0.15, -0.1) is 11.8 Å². The highest BCUT2D eigenvalue weighted by molar-refractivity contribution is 7.99. The van der Waals surface area contributed by atoms with E-state index in [1.807, 2.05) is 54.6 Å². The van der Waals surface area contributed by atoms with E-state index >= 15 is 0 Å². The molecule has 0 saturated heterocycles. The fourth-order valence-electron chi connectivity index (χ4n) is 5.38. The summed E-state index contributed by atoms with van der Waals surface area (Å²) in [6.07, 6.45) is 5.97. The molecule has 4 rings (SSSR count). The number of carbonyl (C=O) groups excluding carboxylic acids is 2. The van der Waals surface area contributed by atoms with E-state index in [2.05, 4.69) is 37.4 Å². The minimum Gasteiger partial charge on any atom is -0.352 e. The summed E-state index contributed by atoms with van der Waals surface area (Å²) in [5.74, 6) is 0.968. The molecule has 2 amide bonds. The lowest BCUT2D eigenvalue weighted by Crippen LogP contribution is -2.53. The summed E-state index contributed by atoms with van der Waals surface area (Å²) >= 11 is 7.74. The second kappa shape index (κ2) is 14.6. The second-order valence-corrected chi connectivity index (χ2v) is 12.1. The number of hydrogen-bond donors (Lipinski definition) is 1. The first kappa shape index (κ1) is 29.2. The maximum absolute atomic E-state index is 13.9. The lowest BCUT2D eigenvalue weighted by molar-refractivity contribution is -0.139. The van der Waals surface area contributed by atoms with Gasteiger partial charge in [-0.25, -0.2) is 0 Å². The van der Waals surface area contributed by atoms with Gasteiger partial charge in [-0.05, 0) is 55.5 Å². The standard InChI is InChI=1S/C33H39ClN2O2S/c1-24-17-25(2)19-28(18-24)22-39-23-32(37)36(21-27-13-15-29(34)16-14-27)31(20-26-9-5-3-6-10-26)33(38)35-30-11-7-4-8-12-30/h3,5-6,9-10,13-19,30-31H,4,7-8,11-12,20-23H2,1-2H3,(H,35,38)/t31-/m1/s1. The molecule has 3 aromatic rings. The fourth-order valence-corrected chi connectivity index (χ4v) is 6.35. The molecule has 206 valence electrons. The molecule has 0 radical (unpaired) electrons. The number of amides is 2. The summed E-state index contributed by atoms with van der Waals surface area (Å²) in [6, 6.07) is 23.6. The van der Waals surface area contributed by atoms with Gasteiger partial charge in [0.05, 0.1) is 5.75 Å². The van der Waals surface area contributed by atoms with Gasteiger partial charge in [0.1, 0.15) is 6.04 Å². The Kier molecular flexibility index (Phi) is 10.9. The molecule has 0 heterocycles. The average Bonchev–Trinajstić information content (AvgIpc) is 2.92. The van der Waals surface area contributed by atoms with Crippen molar-refractivity contribution < 1.29 is 9.59 Å². The lowest BCUT2D eigenvalue weighted by Gasteiger charge is -2.33. The third-order valence-corrected chi connectivity index (χ3v) is 8.51. The summed E-state index contributed by atoms with van der Waals surface area (Å²) in [6.45, 7) is 4.55. The van der Waals surface area contributed by atoms with E-state index in [-0.39, 0.29) is 17.9 Å². The summed E-state index contributed by atoms with van der Waals surface area (Å²) in [4.78, 5) is 29.5. The van der Waals surface area contributed by atoms with Gasteiger partial charge >= 0.3 is 0 Å².